The summed E-state index contributed by atoms with van der Waals surface area (Å²) in [4.78, 5) is 0. The van der Waals surface area contributed by atoms with Crippen molar-refractivity contribution in [1.29, 1.82) is 0 Å². The average molecular weight is 253 g/mol. The van der Waals surface area contributed by atoms with Crippen LogP contribution in [0.2, 0.25) is 0 Å². The van der Waals surface area contributed by atoms with Crippen molar-refractivity contribution in [2.24, 2.45) is 11.7 Å². The first-order valence-electron chi connectivity index (χ1n) is 6.83. The number of hydrogen-bond donors (Lipinski definition) is 1. The van der Waals surface area contributed by atoms with Crippen LogP contribution in [0.3, 0.4) is 0 Å². The molecule has 2 nitrogen and oxygen atoms in total. The lowest BCUT2D eigenvalue weighted by Crippen LogP contribution is -2.21. The van der Waals surface area contributed by atoms with Crippen molar-refractivity contribution < 1.29 is 4.74 Å². The molecule has 2 aromatic carbocycles. The van der Waals surface area contributed by atoms with Crippen LogP contribution < -0.4 is 5.73 Å². The van der Waals surface area contributed by atoms with E-state index in [0.29, 0.717) is 5.92 Å². The van der Waals surface area contributed by atoms with E-state index in [1.807, 2.05) is 6.07 Å². The van der Waals surface area contributed by atoms with Gasteiger partial charge in [0.1, 0.15) is 0 Å². The molecule has 3 rings (SSSR count). The monoisotopic (exact) mass is 253 g/mol. The summed E-state index contributed by atoms with van der Waals surface area (Å²) in [6.07, 6.45) is 1.07. The zero-order valence-corrected chi connectivity index (χ0v) is 11.0. The molecule has 0 amide bonds. The minimum atomic E-state index is 0.0901. The number of nitrogens with two attached hydrogens (primary N) is 1. The van der Waals surface area contributed by atoms with Gasteiger partial charge in [-0.05, 0) is 23.1 Å². The van der Waals surface area contributed by atoms with Crippen LogP contribution in [0.15, 0.2) is 54.6 Å². The molecule has 0 spiro atoms. The maximum atomic E-state index is 6.31. The number of ether oxygens (including phenoxy) is 1. The molecule has 0 aliphatic carbocycles. The quantitative estimate of drug-likeness (QED) is 0.910. The summed E-state index contributed by atoms with van der Waals surface area (Å²) in [6, 6.07) is 19.1. The van der Waals surface area contributed by atoms with Gasteiger partial charge in [0.15, 0.2) is 0 Å². The second-order valence-corrected chi connectivity index (χ2v) is 5.14. The van der Waals surface area contributed by atoms with E-state index in [9.17, 15) is 0 Å². The molecule has 2 atom stereocenters. The molecular formula is C17H19NO. The normalized spacial score (nSPS) is 20.4. The van der Waals surface area contributed by atoms with Crippen LogP contribution >= 0.6 is 0 Å². The highest BCUT2D eigenvalue weighted by atomic mass is 16.5. The van der Waals surface area contributed by atoms with Gasteiger partial charge in [0.25, 0.3) is 0 Å². The van der Waals surface area contributed by atoms with E-state index in [2.05, 4.69) is 48.5 Å². The van der Waals surface area contributed by atoms with Crippen molar-refractivity contribution in [3.8, 4) is 11.1 Å². The third kappa shape index (κ3) is 2.70. The fourth-order valence-corrected chi connectivity index (χ4v) is 2.64. The fraction of sp³-hybridized carbons (Fsp3) is 0.294. The van der Waals surface area contributed by atoms with E-state index in [1.54, 1.807) is 0 Å². The highest BCUT2D eigenvalue weighted by Gasteiger charge is 2.23. The minimum absolute atomic E-state index is 0.0901. The van der Waals surface area contributed by atoms with Crippen LogP contribution in [0.4, 0.5) is 0 Å². The Bertz CT molecular complexity index is 515. The van der Waals surface area contributed by atoms with E-state index in [0.717, 1.165) is 19.6 Å². The lowest BCUT2D eigenvalue weighted by Gasteiger charge is -2.18. The Kier molecular flexibility index (Phi) is 3.62. The van der Waals surface area contributed by atoms with Gasteiger partial charge >= 0.3 is 0 Å². The first kappa shape index (κ1) is 12.4. The van der Waals surface area contributed by atoms with Crippen molar-refractivity contribution in [3.05, 3.63) is 60.2 Å². The Morgan fingerprint density at radius 3 is 2.26 bits per heavy atom. The standard InChI is InChI=1S/C17H19NO/c18-17(16-10-11-19-12-16)15-8-6-14(7-9-15)13-4-2-1-3-5-13/h1-9,16-17H,10-12,18H2. The highest BCUT2D eigenvalue weighted by molar-refractivity contribution is 5.63. The molecule has 2 aromatic rings. The lowest BCUT2D eigenvalue weighted by molar-refractivity contribution is 0.181. The van der Waals surface area contributed by atoms with Crippen LogP contribution in [-0.4, -0.2) is 13.2 Å². The predicted octanol–water partition coefficient (Wildman–Crippen LogP) is 3.39. The lowest BCUT2D eigenvalue weighted by atomic mass is 9.92. The molecule has 2 unspecified atom stereocenters. The molecule has 0 saturated carbocycles. The molecule has 1 saturated heterocycles. The number of hydrogen-bond acceptors (Lipinski definition) is 2. The Hall–Kier alpha value is -1.64. The van der Waals surface area contributed by atoms with E-state index >= 15 is 0 Å². The van der Waals surface area contributed by atoms with Crippen LogP contribution in [0.5, 0.6) is 0 Å². The van der Waals surface area contributed by atoms with E-state index < -0.39 is 0 Å². The number of rotatable bonds is 3. The summed E-state index contributed by atoms with van der Waals surface area (Å²) in [5.41, 5.74) is 9.99. The maximum Gasteiger partial charge on any atom is 0.0513 e. The third-order valence-corrected chi connectivity index (χ3v) is 3.88. The summed E-state index contributed by atoms with van der Waals surface area (Å²) < 4.78 is 5.41. The molecular weight excluding hydrogens is 234 g/mol. The van der Waals surface area contributed by atoms with Gasteiger partial charge in [-0.2, -0.15) is 0 Å². The molecule has 19 heavy (non-hydrogen) atoms. The third-order valence-electron chi connectivity index (χ3n) is 3.88. The van der Waals surface area contributed by atoms with Crippen molar-refractivity contribution in [1.82, 2.24) is 0 Å². The summed E-state index contributed by atoms with van der Waals surface area (Å²) in [5.74, 6) is 0.461. The Labute approximate surface area is 114 Å². The Balaban J connectivity index is 1.79. The van der Waals surface area contributed by atoms with Gasteiger partial charge in [0.05, 0.1) is 6.61 Å². The van der Waals surface area contributed by atoms with Crippen molar-refractivity contribution in [3.63, 3.8) is 0 Å². The van der Waals surface area contributed by atoms with Crippen molar-refractivity contribution in [2.75, 3.05) is 13.2 Å². The molecule has 98 valence electrons. The number of benzene rings is 2. The van der Waals surface area contributed by atoms with E-state index in [1.165, 1.54) is 16.7 Å². The molecule has 1 fully saturated rings. The van der Waals surface area contributed by atoms with Crippen LogP contribution in [0.25, 0.3) is 11.1 Å². The summed E-state index contributed by atoms with van der Waals surface area (Å²) >= 11 is 0. The largest absolute Gasteiger partial charge is 0.381 e. The first-order chi connectivity index (χ1) is 9.34. The molecule has 1 aliphatic heterocycles. The summed E-state index contributed by atoms with van der Waals surface area (Å²) in [5, 5.41) is 0. The molecule has 2 N–H and O–H groups in total. The van der Waals surface area contributed by atoms with Crippen molar-refractivity contribution >= 4 is 0 Å². The van der Waals surface area contributed by atoms with E-state index in [-0.39, 0.29) is 6.04 Å². The SMILES string of the molecule is NC(c1ccc(-c2ccccc2)cc1)C1CCOC1. The molecule has 1 aliphatic rings. The zero-order valence-electron chi connectivity index (χ0n) is 11.0. The van der Waals surface area contributed by atoms with Crippen molar-refractivity contribution in [2.45, 2.75) is 12.5 Å². The van der Waals surface area contributed by atoms with Gasteiger partial charge in [-0.1, -0.05) is 54.6 Å². The van der Waals surface area contributed by atoms with Crippen LogP contribution in [0, 0.1) is 5.92 Å². The Morgan fingerprint density at radius 2 is 1.63 bits per heavy atom. The second-order valence-electron chi connectivity index (χ2n) is 5.14. The van der Waals surface area contributed by atoms with E-state index in [4.69, 9.17) is 10.5 Å². The topological polar surface area (TPSA) is 35.2 Å². The van der Waals surface area contributed by atoms with Gasteiger partial charge in [-0.3, -0.25) is 0 Å². The fourth-order valence-electron chi connectivity index (χ4n) is 2.64. The molecule has 0 aromatic heterocycles. The second kappa shape index (κ2) is 5.55. The van der Waals surface area contributed by atoms with Gasteiger partial charge in [-0.15, -0.1) is 0 Å². The minimum Gasteiger partial charge on any atom is -0.381 e. The molecule has 2 heteroatoms. The molecule has 0 radical (unpaired) electrons. The van der Waals surface area contributed by atoms with Gasteiger partial charge in [0.2, 0.25) is 0 Å². The molecule has 1 heterocycles. The van der Waals surface area contributed by atoms with Gasteiger partial charge in [-0.25, -0.2) is 0 Å². The van der Waals surface area contributed by atoms with Crippen LogP contribution in [0.1, 0.15) is 18.0 Å². The average Bonchev–Trinajstić information content (AvgIpc) is 3.02. The maximum absolute atomic E-state index is 6.31. The predicted molar refractivity (Wildman–Crippen MR) is 77.7 cm³/mol. The first-order valence-corrected chi connectivity index (χ1v) is 6.83. The summed E-state index contributed by atoms with van der Waals surface area (Å²) in [6.45, 7) is 1.64. The molecule has 0 bridgehead atoms. The smallest absolute Gasteiger partial charge is 0.0513 e. The highest BCUT2D eigenvalue weighted by Crippen LogP contribution is 2.28. The Morgan fingerprint density at radius 1 is 0.947 bits per heavy atom. The van der Waals surface area contributed by atoms with Gasteiger partial charge in [0, 0.05) is 18.6 Å². The summed E-state index contributed by atoms with van der Waals surface area (Å²) in [7, 11) is 0. The zero-order chi connectivity index (χ0) is 13.1. The van der Waals surface area contributed by atoms with Crippen LogP contribution in [-0.2, 0) is 4.74 Å². The van der Waals surface area contributed by atoms with Gasteiger partial charge < -0.3 is 10.5 Å².